The highest BCUT2D eigenvalue weighted by atomic mass is 16.2. The maximum absolute atomic E-state index is 12.8. The van der Waals surface area contributed by atoms with Gasteiger partial charge in [-0.05, 0) is 23.2 Å². The standard InChI is InChI=1S/C17H32N2O2/c1-10(2)13-16(21)19(9-12(5)17(6,7)8)14(11(3)4)15(20)18-13/h10-14H,9H2,1-8H3,(H,18,20). The summed E-state index contributed by atoms with van der Waals surface area (Å²) in [5.74, 6) is 0.626. The first-order valence-electron chi connectivity index (χ1n) is 8.07. The predicted molar refractivity (Wildman–Crippen MR) is 85.7 cm³/mol. The molecule has 0 aliphatic carbocycles. The number of hydrogen-bond donors (Lipinski definition) is 1. The average Bonchev–Trinajstić information content (AvgIpc) is 2.31. The Morgan fingerprint density at radius 2 is 1.57 bits per heavy atom. The van der Waals surface area contributed by atoms with E-state index in [2.05, 4.69) is 33.0 Å². The Hall–Kier alpha value is -1.06. The molecule has 4 heteroatoms. The molecule has 0 radical (unpaired) electrons. The van der Waals surface area contributed by atoms with Gasteiger partial charge in [-0.15, -0.1) is 0 Å². The summed E-state index contributed by atoms with van der Waals surface area (Å²) in [6, 6.07) is -0.739. The number of nitrogens with zero attached hydrogens (tertiary/aromatic N) is 1. The van der Waals surface area contributed by atoms with Gasteiger partial charge in [-0.3, -0.25) is 9.59 Å². The van der Waals surface area contributed by atoms with Crippen molar-refractivity contribution in [3.63, 3.8) is 0 Å². The molecule has 0 bridgehead atoms. The summed E-state index contributed by atoms with van der Waals surface area (Å²) < 4.78 is 0. The van der Waals surface area contributed by atoms with Gasteiger partial charge in [-0.1, -0.05) is 55.4 Å². The van der Waals surface area contributed by atoms with E-state index in [1.807, 2.05) is 32.6 Å². The number of hydrogen-bond acceptors (Lipinski definition) is 2. The monoisotopic (exact) mass is 296 g/mol. The van der Waals surface area contributed by atoms with Crippen LogP contribution in [0, 0.1) is 23.2 Å². The van der Waals surface area contributed by atoms with E-state index in [9.17, 15) is 9.59 Å². The van der Waals surface area contributed by atoms with Crippen LogP contribution < -0.4 is 5.32 Å². The van der Waals surface area contributed by atoms with Gasteiger partial charge in [0.1, 0.15) is 12.1 Å². The van der Waals surface area contributed by atoms with E-state index in [4.69, 9.17) is 0 Å². The van der Waals surface area contributed by atoms with Gasteiger partial charge < -0.3 is 10.2 Å². The van der Waals surface area contributed by atoms with E-state index in [0.29, 0.717) is 12.5 Å². The van der Waals surface area contributed by atoms with E-state index in [1.165, 1.54) is 0 Å². The number of carbonyl (C=O) groups excluding carboxylic acids is 2. The second-order valence-corrected chi connectivity index (χ2v) is 8.18. The van der Waals surface area contributed by atoms with Gasteiger partial charge in [-0.25, -0.2) is 0 Å². The van der Waals surface area contributed by atoms with Crippen LogP contribution in [-0.2, 0) is 9.59 Å². The van der Waals surface area contributed by atoms with Gasteiger partial charge >= 0.3 is 0 Å². The van der Waals surface area contributed by atoms with E-state index in [1.54, 1.807) is 0 Å². The predicted octanol–water partition coefficient (Wildman–Crippen LogP) is 2.68. The molecule has 1 rings (SSSR count). The third-order valence-electron chi connectivity index (χ3n) is 4.70. The first-order chi connectivity index (χ1) is 9.46. The molecule has 3 atom stereocenters. The molecule has 1 saturated heterocycles. The second-order valence-electron chi connectivity index (χ2n) is 8.18. The summed E-state index contributed by atoms with van der Waals surface area (Å²) in [4.78, 5) is 27.1. The largest absolute Gasteiger partial charge is 0.342 e. The molecule has 2 amide bonds. The number of nitrogens with one attached hydrogen (secondary N) is 1. The van der Waals surface area contributed by atoms with E-state index in [-0.39, 0.29) is 41.1 Å². The van der Waals surface area contributed by atoms with Crippen LogP contribution in [0.25, 0.3) is 0 Å². The molecular formula is C17H32N2O2. The van der Waals surface area contributed by atoms with Crippen LogP contribution >= 0.6 is 0 Å². The molecule has 21 heavy (non-hydrogen) atoms. The smallest absolute Gasteiger partial charge is 0.246 e. The van der Waals surface area contributed by atoms with Crippen LogP contribution in [0.1, 0.15) is 55.4 Å². The zero-order chi connectivity index (χ0) is 16.5. The lowest BCUT2D eigenvalue weighted by Gasteiger charge is -2.44. The van der Waals surface area contributed by atoms with Crippen LogP contribution in [0.4, 0.5) is 0 Å². The van der Waals surface area contributed by atoms with E-state index < -0.39 is 0 Å². The lowest BCUT2D eigenvalue weighted by Crippen LogP contribution is -2.66. The Kier molecular flexibility index (Phi) is 5.46. The molecule has 0 saturated carbocycles. The average molecular weight is 296 g/mol. The fourth-order valence-corrected chi connectivity index (χ4v) is 2.64. The van der Waals surface area contributed by atoms with Crippen molar-refractivity contribution in [2.45, 2.75) is 67.5 Å². The molecule has 1 heterocycles. The highest BCUT2D eigenvalue weighted by Crippen LogP contribution is 2.29. The number of rotatable bonds is 4. The van der Waals surface area contributed by atoms with Crippen molar-refractivity contribution in [1.29, 1.82) is 0 Å². The molecule has 1 aliphatic heterocycles. The van der Waals surface area contributed by atoms with Gasteiger partial charge in [0, 0.05) is 6.54 Å². The lowest BCUT2D eigenvalue weighted by atomic mass is 9.80. The zero-order valence-corrected chi connectivity index (χ0v) is 14.9. The molecule has 0 aromatic heterocycles. The fraction of sp³-hybridized carbons (Fsp3) is 0.882. The molecule has 0 spiro atoms. The van der Waals surface area contributed by atoms with Crippen LogP contribution in [0.15, 0.2) is 0 Å². The summed E-state index contributed by atoms with van der Waals surface area (Å²) in [7, 11) is 0. The molecule has 1 fully saturated rings. The van der Waals surface area contributed by atoms with Crippen LogP contribution in [0.2, 0.25) is 0 Å². The third kappa shape index (κ3) is 3.98. The molecular weight excluding hydrogens is 264 g/mol. The Morgan fingerprint density at radius 1 is 1.05 bits per heavy atom. The molecule has 1 aliphatic rings. The lowest BCUT2D eigenvalue weighted by molar-refractivity contribution is -0.153. The van der Waals surface area contributed by atoms with Crippen molar-refractivity contribution in [1.82, 2.24) is 10.2 Å². The SMILES string of the molecule is CC(C)C1NC(=O)C(C(C)C)N(CC(C)C(C)(C)C)C1=O. The van der Waals surface area contributed by atoms with Crippen molar-refractivity contribution in [2.75, 3.05) is 6.54 Å². The Morgan fingerprint density at radius 3 is 1.95 bits per heavy atom. The third-order valence-corrected chi connectivity index (χ3v) is 4.70. The normalized spacial score (nSPS) is 25.5. The van der Waals surface area contributed by atoms with E-state index in [0.717, 1.165) is 0 Å². The summed E-state index contributed by atoms with van der Waals surface area (Å²) in [5.41, 5.74) is 0.114. The minimum Gasteiger partial charge on any atom is -0.342 e. The van der Waals surface area contributed by atoms with Crippen LogP contribution in [-0.4, -0.2) is 35.3 Å². The minimum absolute atomic E-state index is 0.00981. The van der Waals surface area contributed by atoms with Crippen LogP contribution in [0.3, 0.4) is 0 Å². The first-order valence-corrected chi connectivity index (χ1v) is 8.07. The Labute approximate surface area is 129 Å². The summed E-state index contributed by atoms with van der Waals surface area (Å²) in [5, 5.41) is 2.91. The zero-order valence-electron chi connectivity index (χ0n) is 14.9. The van der Waals surface area contributed by atoms with Crippen molar-refractivity contribution < 1.29 is 9.59 Å². The number of carbonyl (C=O) groups is 2. The molecule has 122 valence electrons. The van der Waals surface area contributed by atoms with Gasteiger partial charge in [0.25, 0.3) is 0 Å². The highest BCUT2D eigenvalue weighted by Gasteiger charge is 2.43. The number of amides is 2. The maximum atomic E-state index is 12.8. The van der Waals surface area contributed by atoms with Crippen molar-refractivity contribution in [2.24, 2.45) is 23.2 Å². The van der Waals surface area contributed by atoms with Crippen molar-refractivity contribution in [3.05, 3.63) is 0 Å². The fourth-order valence-electron chi connectivity index (χ4n) is 2.64. The second kappa shape index (κ2) is 6.37. The Bertz CT molecular complexity index is 396. The summed E-state index contributed by atoms with van der Waals surface area (Å²) >= 11 is 0. The van der Waals surface area contributed by atoms with Gasteiger partial charge in [0.2, 0.25) is 11.8 Å². The number of piperazine rings is 1. The highest BCUT2D eigenvalue weighted by molar-refractivity contribution is 5.97. The van der Waals surface area contributed by atoms with Gasteiger partial charge in [0.15, 0.2) is 0 Å². The molecule has 0 aromatic carbocycles. The van der Waals surface area contributed by atoms with Gasteiger partial charge in [-0.2, -0.15) is 0 Å². The Balaban J connectivity index is 3.06. The van der Waals surface area contributed by atoms with E-state index >= 15 is 0 Å². The quantitative estimate of drug-likeness (QED) is 0.867. The molecule has 0 aromatic rings. The van der Waals surface area contributed by atoms with Crippen LogP contribution in [0.5, 0.6) is 0 Å². The minimum atomic E-state index is -0.389. The van der Waals surface area contributed by atoms with Crippen molar-refractivity contribution >= 4 is 11.8 Å². The maximum Gasteiger partial charge on any atom is 0.246 e. The van der Waals surface area contributed by atoms with Gasteiger partial charge in [0.05, 0.1) is 0 Å². The molecule has 1 N–H and O–H groups in total. The first kappa shape index (κ1) is 18.0. The summed E-state index contributed by atoms with van der Waals surface area (Å²) in [6.07, 6.45) is 0. The van der Waals surface area contributed by atoms with Crippen molar-refractivity contribution in [3.8, 4) is 0 Å². The topological polar surface area (TPSA) is 49.4 Å². The molecule has 4 nitrogen and oxygen atoms in total. The summed E-state index contributed by atoms with van der Waals surface area (Å²) in [6.45, 7) is 17.3. The molecule has 3 unspecified atom stereocenters.